The Kier molecular flexibility index (Phi) is 4.56. The monoisotopic (exact) mass is 212 g/mol. The second kappa shape index (κ2) is 5.98. The molecule has 4 nitrogen and oxygen atoms in total. The lowest BCUT2D eigenvalue weighted by Gasteiger charge is -2.06. The SMILES string of the molecule is O=C(NCCO)NCc1ccccc1F. The van der Waals surface area contributed by atoms with Gasteiger partial charge in [0.2, 0.25) is 0 Å². The van der Waals surface area contributed by atoms with E-state index in [4.69, 9.17) is 5.11 Å². The molecule has 0 spiro atoms. The van der Waals surface area contributed by atoms with Crippen LogP contribution in [0, 0.1) is 5.82 Å². The number of halogens is 1. The summed E-state index contributed by atoms with van der Waals surface area (Å²) in [5, 5.41) is 13.3. The van der Waals surface area contributed by atoms with Crippen molar-refractivity contribution in [3.63, 3.8) is 0 Å². The first-order chi connectivity index (χ1) is 7.24. The van der Waals surface area contributed by atoms with E-state index in [-0.39, 0.29) is 25.5 Å². The number of hydrogen-bond donors (Lipinski definition) is 3. The Labute approximate surface area is 87.1 Å². The zero-order valence-electron chi connectivity index (χ0n) is 8.16. The largest absolute Gasteiger partial charge is 0.395 e. The summed E-state index contributed by atoms with van der Waals surface area (Å²) in [6, 6.07) is 5.80. The van der Waals surface area contributed by atoms with Gasteiger partial charge in [-0.15, -0.1) is 0 Å². The van der Waals surface area contributed by atoms with E-state index in [9.17, 15) is 9.18 Å². The molecule has 1 aromatic rings. The molecule has 2 amide bonds. The summed E-state index contributed by atoms with van der Waals surface area (Å²) in [6.07, 6.45) is 0. The average Bonchev–Trinajstić information content (AvgIpc) is 2.25. The lowest BCUT2D eigenvalue weighted by Crippen LogP contribution is -2.36. The first kappa shape index (κ1) is 11.5. The molecule has 0 saturated carbocycles. The van der Waals surface area contributed by atoms with Crippen LogP contribution in [0.3, 0.4) is 0 Å². The van der Waals surface area contributed by atoms with Gasteiger partial charge in [-0.3, -0.25) is 0 Å². The highest BCUT2D eigenvalue weighted by atomic mass is 19.1. The number of carbonyl (C=O) groups excluding carboxylic acids is 1. The maximum Gasteiger partial charge on any atom is 0.315 e. The van der Waals surface area contributed by atoms with Gasteiger partial charge in [0.1, 0.15) is 5.82 Å². The second-order valence-electron chi connectivity index (χ2n) is 2.92. The summed E-state index contributed by atoms with van der Waals surface area (Å²) >= 11 is 0. The zero-order chi connectivity index (χ0) is 11.1. The number of benzene rings is 1. The van der Waals surface area contributed by atoms with Gasteiger partial charge in [-0.25, -0.2) is 9.18 Å². The van der Waals surface area contributed by atoms with Gasteiger partial charge < -0.3 is 15.7 Å². The van der Waals surface area contributed by atoms with E-state index in [2.05, 4.69) is 10.6 Å². The maximum atomic E-state index is 13.1. The van der Waals surface area contributed by atoms with Crippen molar-refractivity contribution in [1.29, 1.82) is 0 Å². The average molecular weight is 212 g/mol. The summed E-state index contributed by atoms with van der Waals surface area (Å²) in [5.74, 6) is -0.347. The highest BCUT2D eigenvalue weighted by molar-refractivity contribution is 5.73. The third-order valence-electron chi connectivity index (χ3n) is 1.79. The topological polar surface area (TPSA) is 61.4 Å². The molecular formula is C10H13FN2O2. The molecule has 5 heteroatoms. The number of carbonyl (C=O) groups is 1. The molecule has 0 aliphatic rings. The Morgan fingerprint density at radius 3 is 2.73 bits per heavy atom. The van der Waals surface area contributed by atoms with Crippen LogP contribution < -0.4 is 10.6 Å². The highest BCUT2D eigenvalue weighted by Crippen LogP contribution is 2.04. The highest BCUT2D eigenvalue weighted by Gasteiger charge is 2.02. The van der Waals surface area contributed by atoms with Crippen LogP contribution in [0.15, 0.2) is 24.3 Å². The molecule has 0 heterocycles. The molecule has 0 atom stereocenters. The summed E-state index contributed by atoms with van der Waals surface area (Å²) in [5.41, 5.74) is 0.427. The van der Waals surface area contributed by atoms with Crippen molar-refractivity contribution in [3.05, 3.63) is 35.6 Å². The van der Waals surface area contributed by atoms with E-state index in [1.165, 1.54) is 6.07 Å². The van der Waals surface area contributed by atoms with E-state index in [0.29, 0.717) is 5.56 Å². The summed E-state index contributed by atoms with van der Waals surface area (Å²) in [7, 11) is 0. The van der Waals surface area contributed by atoms with Crippen LogP contribution in [-0.4, -0.2) is 24.3 Å². The van der Waals surface area contributed by atoms with Gasteiger partial charge in [0, 0.05) is 18.7 Å². The molecule has 0 saturated heterocycles. The molecule has 15 heavy (non-hydrogen) atoms. The third-order valence-corrected chi connectivity index (χ3v) is 1.79. The van der Waals surface area contributed by atoms with Gasteiger partial charge in [0.05, 0.1) is 6.61 Å². The van der Waals surface area contributed by atoms with Crippen molar-refractivity contribution in [2.24, 2.45) is 0 Å². The fraction of sp³-hybridized carbons (Fsp3) is 0.300. The number of rotatable bonds is 4. The van der Waals surface area contributed by atoms with Crippen LogP contribution in [0.5, 0.6) is 0 Å². The van der Waals surface area contributed by atoms with Gasteiger partial charge in [-0.05, 0) is 6.07 Å². The molecule has 1 rings (SSSR count). The van der Waals surface area contributed by atoms with E-state index < -0.39 is 6.03 Å². The molecule has 0 fully saturated rings. The standard InChI is InChI=1S/C10H13FN2O2/c11-9-4-2-1-3-8(9)7-13-10(15)12-5-6-14/h1-4,14H,5-7H2,(H2,12,13,15). The van der Waals surface area contributed by atoms with Crippen LogP contribution in [0.25, 0.3) is 0 Å². The van der Waals surface area contributed by atoms with Crippen molar-refractivity contribution in [2.75, 3.05) is 13.2 Å². The fourth-order valence-electron chi connectivity index (χ4n) is 1.05. The van der Waals surface area contributed by atoms with E-state index in [0.717, 1.165) is 0 Å². The number of hydrogen-bond acceptors (Lipinski definition) is 2. The third kappa shape index (κ3) is 3.95. The van der Waals surface area contributed by atoms with E-state index >= 15 is 0 Å². The molecule has 3 N–H and O–H groups in total. The molecule has 0 aromatic heterocycles. The van der Waals surface area contributed by atoms with E-state index in [1.54, 1.807) is 18.2 Å². The quantitative estimate of drug-likeness (QED) is 0.685. The maximum absolute atomic E-state index is 13.1. The van der Waals surface area contributed by atoms with E-state index in [1.807, 2.05) is 0 Å². The zero-order valence-corrected chi connectivity index (χ0v) is 8.16. The number of amides is 2. The van der Waals surface area contributed by atoms with Crippen LogP contribution in [0.1, 0.15) is 5.56 Å². The van der Waals surface area contributed by atoms with Crippen molar-refractivity contribution in [3.8, 4) is 0 Å². The molecule has 82 valence electrons. The molecular weight excluding hydrogens is 199 g/mol. The lowest BCUT2D eigenvalue weighted by atomic mass is 10.2. The predicted octanol–water partition coefficient (Wildman–Crippen LogP) is 0.617. The Balaban J connectivity index is 2.37. The molecule has 1 aromatic carbocycles. The minimum atomic E-state index is -0.424. The Bertz CT molecular complexity index is 331. The molecule has 0 unspecified atom stereocenters. The van der Waals surface area contributed by atoms with Gasteiger partial charge in [0.15, 0.2) is 0 Å². The van der Waals surface area contributed by atoms with Gasteiger partial charge >= 0.3 is 6.03 Å². The summed E-state index contributed by atoms with van der Waals surface area (Å²) in [6.45, 7) is 0.195. The molecule has 0 aliphatic heterocycles. The number of nitrogens with one attached hydrogen (secondary N) is 2. The molecule has 0 radical (unpaired) electrons. The Morgan fingerprint density at radius 2 is 2.07 bits per heavy atom. The van der Waals surface area contributed by atoms with Crippen molar-refractivity contribution < 1.29 is 14.3 Å². The molecule has 0 bridgehead atoms. The second-order valence-corrected chi connectivity index (χ2v) is 2.92. The molecule has 0 aliphatic carbocycles. The lowest BCUT2D eigenvalue weighted by molar-refractivity contribution is 0.234. The number of urea groups is 1. The van der Waals surface area contributed by atoms with Crippen molar-refractivity contribution in [2.45, 2.75) is 6.54 Å². The fourth-order valence-corrected chi connectivity index (χ4v) is 1.05. The first-order valence-electron chi connectivity index (χ1n) is 4.60. The number of aliphatic hydroxyl groups is 1. The van der Waals surface area contributed by atoms with Gasteiger partial charge in [-0.2, -0.15) is 0 Å². The minimum Gasteiger partial charge on any atom is -0.395 e. The first-order valence-corrected chi connectivity index (χ1v) is 4.60. The van der Waals surface area contributed by atoms with Crippen LogP contribution in [-0.2, 0) is 6.54 Å². The Morgan fingerprint density at radius 1 is 1.33 bits per heavy atom. The normalized spacial score (nSPS) is 9.73. The van der Waals surface area contributed by atoms with Crippen LogP contribution in [0.4, 0.5) is 9.18 Å². The predicted molar refractivity (Wildman–Crippen MR) is 53.7 cm³/mol. The smallest absolute Gasteiger partial charge is 0.315 e. The summed E-state index contributed by atoms with van der Waals surface area (Å²) < 4.78 is 13.1. The minimum absolute atomic E-state index is 0.118. The van der Waals surface area contributed by atoms with Gasteiger partial charge in [0.25, 0.3) is 0 Å². The Hall–Kier alpha value is -1.62. The van der Waals surface area contributed by atoms with Gasteiger partial charge in [-0.1, -0.05) is 18.2 Å². The van der Waals surface area contributed by atoms with Crippen molar-refractivity contribution in [1.82, 2.24) is 10.6 Å². The van der Waals surface area contributed by atoms with Crippen LogP contribution >= 0.6 is 0 Å². The number of aliphatic hydroxyl groups excluding tert-OH is 1. The van der Waals surface area contributed by atoms with Crippen molar-refractivity contribution >= 4 is 6.03 Å². The van der Waals surface area contributed by atoms with Crippen LogP contribution in [0.2, 0.25) is 0 Å². The summed E-state index contributed by atoms with van der Waals surface area (Å²) in [4.78, 5) is 11.0.